The number of carbonyl (C=O) groups excluding carboxylic acids is 1. The van der Waals surface area contributed by atoms with Gasteiger partial charge >= 0.3 is 0 Å². The second-order valence-electron chi connectivity index (χ2n) is 4.87. The predicted octanol–water partition coefficient (Wildman–Crippen LogP) is 2.07. The molecular weight excluding hydrogens is 228 g/mol. The molecule has 0 aromatic heterocycles. The molecule has 4 nitrogen and oxygen atoms in total. The van der Waals surface area contributed by atoms with Crippen molar-refractivity contribution in [2.24, 2.45) is 11.7 Å². The molecule has 1 aromatic carbocycles. The number of rotatable bonds is 3. The molecule has 0 spiro atoms. The van der Waals surface area contributed by atoms with E-state index >= 15 is 0 Å². The summed E-state index contributed by atoms with van der Waals surface area (Å²) in [6.07, 6.45) is 0.793. The number of benzene rings is 1. The van der Waals surface area contributed by atoms with Crippen molar-refractivity contribution in [3.63, 3.8) is 0 Å². The number of amides is 1. The van der Waals surface area contributed by atoms with Crippen molar-refractivity contribution in [2.45, 2.75) is 32.4 Å². The molecule has 1 amide bonds. The number of carbonyl (C=O) groups is 1. The summed E-state index contributed by atoms with van der Waals surface area (Å²) in [5.74, 6) is -0.0224. The van der Waals surface area contributed by atoms with E-state index in [1.165, 1.54) is 0 Å². The summed E-state index contributed by atoms with van der Waals surface area (Å²) in [7, 11) is 0. The molecule has 3 atom stereocenters. The third kappa shape index (κ3) is 2.89. The van der Waals surface area contributed by atoms with Crippen LogP contribution >= 0.6 is 0 Å². The van der Waals surface area contributed by atoms with Gasteiger partial charge in [0, 0.05) is 18.3 Å². The molecule has 0 aliphatic carbocycles. The van der Waals surface area contributed by atoms with Crippen molar-refractivity contribution in [1.29, 1.82) is 0 Å². The van der Waals surface area contributed by atoms with Crippen LogP contribution in [0.5, 0.6) is 0 Å². The molecule has 1 heterocycles. The van der Waals surface area contributed by atoms with E-state index in [-0.39, 0.29) is 24.0 Å². The van der Waals surface area contributed by atoms with Crippen LogP contribution in [0.25, 0.3) is 0 Å². The van der Waals surface area contributed by atoms with Crippen LogP contribution in [0.15, 0.2) is 24.3 Å². The first-order valence-electron chi connectivity index (χ1n) is 6.36. The van der Waals surface area contributed by atoms with Gasteiger partial charge in [-0.25, -0.2) is 0 Å². The number of ether oxygens (including phenoxy) is 1. The lowest BCUT2D eigenvalue weighted by Gasteiger charge is -2.15. The monoisotopic (exact) mass is 248 g/mol. The average Bonchev–Trinajstić information content (AvgIpc) is 2.76. The molecule has 0 radical (unpaired) electrons. The number of hydrogen-bond donors (Lipinski definition) is 2. The van der Waals surface area contributed by atoms with Crippen LogP contribution in [-0.4, -0.2) is 18.6 Å². The van der Waals surface area contributed by atoms with Crippen LogP contribution in [0.2, 0.25) is 0 Å². The van der Waals surface area contributed by atoms with Crippen molar-refractivity contribution in [1.82, 2.24) is 0 Å². The summed E-state index contributed by atoms with van der Waals surface area (Å²) >= 11 is 0. The van der Waals surface area contributed by atoms with E-state index in [4.69, 9.17) is 10.5 Å². The third-order valence-electron chi connectivity index (χ3n) is 3.39. The standard InChI is InChI=1S/C14H20N2O2/c1-9(15)11-4-3-5-12(8-11)16-14(17)13-6-7-18-10(13)2/h3-5,8-10,13H,6-7,15H2,1-2H3,(H,16,17). The summed E-state index contributed by atoms with van der Waals surface area (Å²) in [4.78, 5) is 12.1. The zero-order valence-electron chi connectivity index (χ0n) is 10.8. The van der Waals surface area contributed by atoms with Crippen LogP contribution in [0, 0.1) is 5.92 Å². The van der Waals surface area contributed by atoms with Crippen LogP contribution in [0.4, 0.5) is 5.69 Å². The van der Waals surface area contributed by atoms with Crippen LogP contribution in [-0.2, 0) is 9.53 Å². The van der Waals surface area contributed by atoms with E-state index in [0.29, 0.717) is 6.61 Å². The molecule has 3 N–H and O–H groups in total. The molecule has 1 aliphatic rings. The Morgan fingerprint density at radius 3 is 2.94 bits per heavy atom. The molecule has 1 aromatic rings. The van der Waals surface area contributed by atoms with Gasteiger partial charge in [0.25, 0.3) is 0 Å². The third-order valence-corrected chi connectivity index (χ3v) is 3.39. The summed E-state index contributed by atoms with van der Waals surface area (Å²) in [5, 5.41) is 2.94. The highest BCUT2D eigenvalue weighted by Crippen LogP contribution is 2.23. The molecule has 0 bridgehead atoms. The lowest BCUT2D eigenvalue weighted by atomic mass is 10.0. The highest BCUT2D eigenvalue weighted by molar-refractivity contribution is 5.93. The summed E-state index contributed by atoms with van der Waals surface area (Å²) in [6, 6.07) is 7.63. The first-order valence-corrected chi connectivity index (χ1v) is 6.36. The van der Waals surface area contributed by atoms with Crippen LogP contribution in [0.1, 0.15) is 31.9 Å². The molecule has 2 rings (SSSR count). The number of nitrogens with one attached hydrogen (secondary N) is 1. The van der Waals surface area contributed by atoms with Gasteiger partial charge in [0.2, 0.25) is 5.91 Å². The van der Waals surface area contributed by atoms with Gasteiger partial charge in [-0.3, -0.25) is 4.79 Å². The first kappa shape index (κ1) is 13.1. The fourth-order valence-corrected chi connectivity index (χ4v) is 2.21. The molecule has 1 fully saturated rings. The highest BCUT2D eigenvalue weighted by Gasteiger charge is 2.30. The number of nitrogens with two attached hydrogens (primary N) is 1. The van der Waals surface area contributed by atoms with E-state index in [9.17, 15) is 4.79 Å². The molecule has 0 saturated carbocycles. The van der Waals surface area contributed by atoms with Crippen molar-refractivity contribution in [2.75, 3.05) is 11.9 Å². The fraction of sp³-hybridized carbons (Fsp3) is 0.500. The first-order chi connectivity index (χ1) is 8.58. The molecule has 98 valence electrons. The Kier molecular flexibility index (Phi) is 3.99. The topological polar surface area (TPSA) is 64.3 Å². The molecule has 1 aliphatic heterocycles. The van der Waals surface area contributed by atoms with E-state index < -0.39 is 0 Å². The predicted molar refractivity (Wildman–Crippen MR) is 71.2 cm³/mol. The van der Waals surface area contributed by atoms with Gasteiger partial charge < -0.3 is 15.8 Å². The molecule has 3 unspecified atom stereocenters. The van der Waals surface area contributed by atoms with Gasteiger partial charge in [-0.2, -0.15) is 0 Å². The molecule has 1 saturated heterocycles. The van der Waals surface area contributed by atoms with Crippen molar-refractivity contribution >= 4 is 11.6 Å². The van der Waals surface area contributed by atoms with Gasteiger partial charge in [0.1, 0.15) is 0 Å². The minimum Gasteiger partial charge on any atom is -0.378 e. The van der Waals surface area contributed by atoms with Crippen molar-refractivity contribution < 1.29 is 9.53 Å². The van der Waals surface area contributed by atoms with E-state index in [1.54, 1.807) is 0 Å². The lowest BCUT2D eigenvalue weighted by molar-refractivity contribution is -0.121. The smallest absolute Gasteiger partial charge is 0.230 e. The number of hydrogen-bond acceptors (Lipinski definition) is 3. The second kappa shape index (κ2) is 5.50. The Labute approximate surface area is 108 Å². The Bertz CT molecular complexity index is 432. The normalized spacial score (nSPS) is 24.8. The lowest BCUT2D eigenvalue weighted by Crippen LogP contribution is -2.27. The minimum absolute atomic E-state index is 0.00150. The van der Waals surface area contributed by atoms with E-state index in [0.717, 1.165) is 17.7 Å². The zero-order valence-corrected chi connectivity index (χ0v) is 10.8. The second-order valence-corrected chi connectivity index (χ2v) is 4.87. The summed E-state index contributed by atoms with van der Waals surface area (Å²) in [5.41, 5.74) is 7.64. The fourth-order valence-electron chi connectivity index (χ4n) is 2.21. The van der Waals surface area contributed by atoms with Gasteiger partial charge in [-0.1, -0.05) is 12.1 Å². The quantitative estimate of drug-likeness (QED) is 0.860. The summed E-state index contributed by atoms with van der Waals surface area (Å²) < 4.78 is 5.41. The maximum Gasteiger partial charge on any atom is 0.230 e. The largest absolute Gasteiger partial charge is 0.378 e. The van der Waals surface area contributed by atoms with Gasteiger partial charge in [-0.05, 0) is 38.0 Å². The van der Waals surface area contributed by atoms with Crippen LogP contribution < -0.4 is 11.1 Å². The highest BCUT2D eigenvalue weighted by atomic mass is 16.5. The molecule has 18 heavy (non-hydrogen) atoms. The Hall–Kier alpha value is -1.39. The van der Waals surface area contributed by atoms with Crippen LogP contribution in [0.3, 0.4) is 0 Å². The Balaban J connectivity index is 2.04. The molecule has 4 heteroatoms. The maximum atomic E-state index is 12.1. The Morgan fingerprint density at radius 2 is 2.33 bits per heavy atom. The van der Waals surface area contributed by atoms with Gasteiger partial charge in [0.15, 0.2) is 0 Å². The van der Waals surface area contributed by atoms with Gasteiger partial charge in [-0.15, -0.1) is 0 Å². The molecular formula is C14H20N2O2. The average molecular weight is 248 g/mol. The van der Waals surface area contributed by atoms with E-state index in [1.807, 2.05) is 38.1 Å². The van der Waals surface area contributed by atoms with E-state index in [2.05, 4.69) is 5.32 Å². The number of anilines is 1. The maximum absolute atomic E-state index is 12.1. The van der Waals surface area contributed by atoms with Gasteiger partial charge in [0.05, 0.1) is 12.0 Å². The SMILES string of the molecule is CC(N)c1cccc(NC(=O)C2CCOC2C)c1. The minimum atomic E-state index is -0.0519. The summed E-state index contributed by atoms with van der Waals surface area (Å²) in [6.45, 7) is 4.53. The zero-order chi connectivity index (χ0) is 13.1. The Morgan fingerprint density at radius 1 is 1.56 bits per heavy atom. The van der Waals surface area contributed by atoms with Crippen molar-refractivity contribution in [3.05, 3.63) is 29.8 Å². The van der Waals surface area contributed by atoms with Crippen molar-refractivity contribution in [3.8, 4) is 0 Å².